The van der Waals surface area contributed by atoms with Crippen LogP contribution in [0.4, 0.5) is 11.8 Å². The van der Waals surface area contributed by atoms with Crippen LogP contribution in [-0.2, 0) is 15.8 Å². The first-order valence-electron chi connectivity index (χ1n) is 6.49. The Balaban J connectivity index is 2.27. The maximum absolute atomic E-state index is 10.8. The Kier molecular flexibility index (Phi) is 4.66. The summed E-state index contributed by atoms with van der Waals surface area (Å²) in [5.74, 6) is 0.745. The molecule has 2 aromatic rings. The average Bonchev–Trinajstić information content (AvgIpc) is 2.77. The fraction of sp³-hybridized carbons (Fsp3) is 0.545. The lowest BCUT2D eigenvalue weighted by Gasteiger charge is -2.17. The molecule has 2 aromatic heterocycles. The third-order valence-corrected chi connectivity index (χ3v) is 3.36. The van der Waals surface area contributed by atoms with Crippen molar-refractivity contribution in [2.24, 2.45) is 0 Å². The van der Waals surface area contributed by atoms with Gasteiger partial charge in [0.25, 0.3) is 0 Å². The van der Waals surface area contributed by atoms with Gasteiger partial charge in [-0.2, -0.15) is 9.97 Å². The lowest BCUT2D eigenvalue weighted by molar-refractivity contribution is 0.0765. The van der Waals surface area contributed by atoms with Crippen LogP contribution >= 0.6 is 7.60 Å². The van der Waals surface area contributed by atoms with Crippen LogP contribution in [-0.4, -0.2) is 55.9 Å². The second-order valence-electron chi connectivity index (χ2n) is 5.14. The number of fused-ring (bicyclic) bond motifs is 1. The van der Waals surface area contributed by atoms with E-state index in [1.165, 1.54) is 0 Å². The van der Waals surface area contributed by atoms with Crippen molar-refractivity contribution in [3.05, 3.63) is 6.33 Å². The van der Waals surface area contributed by atoms with Gasteiger partial charge in [-0.15, -0.1) is 0 Å². The molecule has 122 valence electrons. The van der Waals surface area contributed by atoms with Crippen LogP contribution in [0.25, 0.3) is 11.2 Å². The van der Waals surface area contributed by atoms with E-state index in [4.69, 9.17) is 20.3 Å². The Morgan fingerprint density at radius 3 is 2.73 bits per heavy atom. The van der Waals surface area contributed by atoms with Gasteiger partial charge in [0, 0.05) is 14.1 Å². The fourth-order valence-corrected chi connectivity index (χ4v) is 2.43. The first kappa shape index (κ1) is 16.6. The molecular weight excluding hydrogens is 311 g/mol. The minimum Gasteiger partial charge on any atom is -0.368 e. The maximum Gasteiger partial charge on any atom is 0.350 e. The van der Waals surface area contributed by atoms with E-state index in [1.807, 2.05) is 14.1 Å². The van der Waals surface area contributed by atoms with Crippen LogP contribution in [0.1, 0.15) is 6.92 Å². The minimum absolute atomic E-state index is 0.132. The number of rotatable bonds is 6. The normalized spacial score (nSPS) is 13.5. The Bertz CT molecular complexity index is 712. The monoisotopic (exact) mass is 330 g/mol. The molecule has 11 heteroatoms. The van der Waals surface area contributed by atoms with Gasteiger partial charge in [-0.1, -0.05) is 0 Å². The molecule has 0 spiro atoms. The van der Waals surface area contributed by atoms with Crippen LogP contribution in [0.2, 0.25) is 0 Å². The molecule has 2 rings (SSSR count). The predicted molar refractivity (Wildman–Crippen MR) is 81.5 cm³/mol. The van der Waals surface area contributed by atoms with Crippen LogP contribution in [0, 0.1) is 0 Å². The highest BCUT2D eigenvalue weighted by Gasteiger charge is 2.18. The van der Waals surface area contributed by atoms with Crippen molar-refractivity contribution in [3.63, 3.8) is 0 Å². The molecule has 10 nitrogen and oxygen atoms in total. The average molecular weight is 330 g/mol. The Labute approximate surface area is 127 Å². The van der Waals surface area contributed by atoms with Crippen molar-refractivity contribution in [2.45, 2.75) is 19.6 Å². The minimum atomic E-state index is -4.19. The topological polar surface area (TPSA) is 140 Å². The summed E-state index contributed by atoms with van der Waals surface area (Å²) in [6.07, 6.45) is 0.533. The van der Waals surface area contributed by atoms with Crippen molar-refractivity contribution in [1.29, 1.82) is 0 Å². The van der Waals surface area contributed by atoms with Gasteiger partial charge in [-0.3, -0.25) is 4.57 Å². The van der Waals surface area contributed by atoms with E-state index in [1.54, 1.807) is 22.7 Å². The van der Waals surface area contributed by atoms with E-state index in [0.717, 1.165) is 0 Å². The Hall–Kier alpha value is -1.74. The molecule has 0 unspecified atom stereocenters. The molecule has 0 amide bonds. The number of imidazole rings is 1. The standard InChI is InChI=1S/C11H19N6O4P/c1-7(21-6-22(18,19)20)4-17-5-13-9-8(17)10(16(2)3)15-11(12)14-9/h5,7H,4,6H2,1-3H3,(H2,12,14,15)(H2,18,19,20)/t7-/m1/s1. The van der Waals surface area contributed by atoms with Gasteiger partial charge < -0.3 is 29.7 Å². The summed E-state index contributed by atoms with van der Waals surface area (Å²) in [6, 6.07) is 0. The highest BCUT2D eigenvalue weighted by Crippen LogP contribution is 2.34. The molecule has 0 bridgehead atoms. The van der Waals surface area contributed by atoms with Gasteiger partial charge in [0.15, 0.2) is 11.5 Å². The van der Waals surface area contributed by atoms with Gasteiger partial charge in [0.05, 0.1) is 19.0 Å². The molecule has 0 aromatic carbocycles. The number of nitrogens with two attached hydrogens (primary N) is 1. The zero-order valence-corrected chi connectivity index (χ0v) is 13.4. The number of hydrogen-bond donors (Lipinski definition) is 3. The van der Waals surface area contributed by atoms with E-state index in [0.29, 0.717) is 23.5 Å². The van der Waals surface area contributed by atoms with Gasteiger partial charge in [0.1, 0.15) is 11.9 Å². The predicted octanol–water partition coefficient (Wildman–Crippen LogP) is 0.0148. The summed E-state index contributed by atoms with van der Waals surface area (Å²) in [5, 5.41) is 0. The number of anilines is 2. The molecule has 1 atom stereocenters. The first-order valence-corrected chi connectivity index (χ1v) is 8.29. The molecule has 0 aliphatic rings. The summed E-state index contributed by atoms with van der Waals surface area (Å²) in [4.78, 5) is 31.9. The van der Waals surface area contributed by atoms with Gasteiger partial charge in [-0.05, 0) is 6.92 Å². The third kappa shape index (κ3) is 3.92. The lowest BCUT2D eigenvalue weighted by Crippen LogP contribution is -2.19. The number of nitrogen functional groups attached to an aromatic ring is 1. The van der Waals surface area contributed by atoms with Crippen LogP contribution in [0.15, 0.2) is 6.33 Å². The molecular formula is C11H19N6O4P. The summed E-state index contributed by atoms with van der Waals surface area (Å²) in [6.45, 7) is 2.07. The summed E-state index contributed by atoms with van der Waals surface area (Å²) in [5.41, 5.74) is 6.80. The molecule has 2 heterocycles. The summed E-state index contributed by atoms with van der Waals surface area (Å²) in [7, 11) is -0.535. The number of nitrogens with zero attached hydrogens (tertiary/aromatic N) is 5. The zero-order chi connectivity index (χ0) is 16.5. The Morgan fingerprint density at radius 2 is 2.14 bits per heavy atom. The van der Waals surface area contributed by atoms with Crippen molar-refractivity contribution >= 4 is 30.5 Å². The first-order chi connectivity index (χ1) is 10.2. The summed E-state index contributed by atoms with van der Waals surface area (Å²) >= 11 is 0. The maximum atomic E-state index is 10.8. The second-order valence-corrected chi connectivity index (χ2v) is 6.73. The zero-order valence-electron chi connectivity index (χ0n) is 12.5. The van der Waals surface area contributed by atoms with Crippen molar-refractivity contribution in [3.8, 4) is 0 Å². The van der Waals surface area contributed by atoms with Crippen LogP contribution < -0.4 is 10.6 Å². The second kappa shape index (κ2) is 6.17. The van der Waals surface area contributed by atoms with Gasteiger partial charge in [0.2, 0.25) is 5.95 Å². The van der Waals surface area contributed by atoms with E-state index in [9.17, 15) is 4.57 Å². The molecule has 4 N–H and O–H groups in total. The van der Waals surface area contributed by atoms with Crippen LogP contribution in [0.5, 0.6) is 0 Å². The molecule has 0 aliphatic carbocycles. The largest absolute Gasteiger partial charge is 0.368 e. The van der Waals surface area contributed by atoms with E-state index < -0.39 is 20.0 Å². The van der Waals surface area contributed by atoms with Crippen LogP contribution in [0.3, 0.4) is 0 Å². The SMILES string of the molecule is C[C@H](Cn1cnc2nc(N)nc(N(C)C)c21)OCP(=O)(O)O. The van der Waals surface area contributed by atoms with Crippen molar-refractivity contribution in [2.75, 3.05) is 31.1 Å². The quantitative estimate of drug-likeness (QED) is 0.625. The molecule has 0 radical (unpaired) electrons. The van der Waals surface area contributed by atoms with Crippen molar-refractivity contribution < 1.29 is 19.1 Å². The molecule has 22 heavy (non-hydrogen) atoms. The third-order valence-electron chi connectivity index (χ3n) is 2.88. The Morgan fingerprint density at radius 1 is 1.45 bits per heavy atom. The van der Waals surface area contributed by atoms with Gasteiger partial charge in [-0.25, -0.2) is 4.98 Å². The van der Waals surface area contributed by atoms with Gasteiger partial charge >= 0.3 is 7.60 Å². The smallest absolute Gasteiger partial charge is 0.350 e. The summed E-state index contributed by atoms with van der Waals surface area (Å²) < 4.78 is 17.8. The fourth-order valence-electron chi connectivity index (χ4n) is 1.98. The number of hydrogen-bond acceptors (Lipinski definition) is 7. The lowest BCUT2D eigenvalue weighted by atomic mass is 10.3. The highest BCUT2D eigenvalue weighted by molar-refractivity contribution is 7.51. The van der Waals surface area contributed by atoms with E-state index in [2.05, 4.69) is 15.0 Å². The molecule has 0 saturated heterocycles. The van der Waals surface area contributed by atoms with E-state index >= 15 is 0 Å². The molecule has 0 fully saturated rings. The van der Waals surface area contributed by atoms with Crippen molar-refractivity contribution in [1.82, 2.24) is 19.5 Å². The van der Waals surface area contributed by atoms with E-state index in [-0.39, 0.29) is 5.95 Å². The number of ether oxygens (including phenoxy) is 1. The molecule has 0 aliphatic heterocycles. The number of aromatic nitrogens is 4. The molecule has 0 saturated carbocycles. The highest BCUT2D eigenvalue weighted by atomic mass is 31.2.